The molecular formula is C30H28N2O5S. The summed E-state index contributed by atoms with van der Waals surface area (Å²) in [4.78, 5) is 33.1. The van der Waals surface area contributed by atoms with Gasteiger partial charge in [0.2, 0.25) is 0 Å². The number of methoxy groups -OCH3 is 1. The van der Waals surface area contributed by atoms with Gasteiger partial charge in [-0.25, -0.2) is 4.98 Å². The van der Waals surface area contributed by atoms with E-state index in [0.717, 1.165) is 10.3 Å². The van der Waals surface area contributed by atoms with Crippen molar-refractivity contribution in [3.05, 3.63) is 89.0 Å². The van der Waals surface area contributed by atoms with Crippen LogP contribution in [-0.2, 0) is 9.59 Å². The van der Waals surface area contributed by atoms with Crippen molar-refractivity contribution in [2.45, 2.75) is 32.7 Å². The number of rotatable bonds is 7. The van der Waals surface area contributed by atoms with E-state index in [2.05, 4.69) is 18.8 Å². The first-order valence-electron chi connectivity index (χ1n) is 12.4. The summed E-state index contributed by atoms with van der Waals surface area (Å²) in [6.07, 6.45) is 0. The van der Waals surface area contributed by atoms with E-state index < -0.39 is 17.7 Å². The number of benzene rings is 3. The van der Waals surface area contributed by atoms with Gasteiger partial charge in [-0.2, -0.15) is 0 Å². The fraction of sp³-hybridized carbons (Fsp3) is 0.233. The number of fused-ring (bicyclic) bond motifs is 1. The van der Waals surface area contributed by atoms with Gasteiger partial charge in [0.05, 0.1) is 35.5 Å². The highest BCUT2D eigenvalue weighted by Gasteiger charge is 2.48. The van der Waals surface area contributed by atoms with Crippen LogP contribution >= 0.6 is 11.3 Å². The first-order valence-corrected chi connectivity index (χ1v) is 13.2. The Kier molecular flexibility index (Phi) is 6.91. The molecule has 5 rings (SSSR count). The Morgan fingerprint density at radius 1 is 1.03 bits per heavy atom. The Morgan fingerprint density at radius 3 is 2.34 bits per heavy atom. The molecule has 8 heteroatoms. The number of aromatic nitrogens is 1. The zero-order valence-corrected chi connectivity index (χ0v) is 22.4. The molecule has 1 N–H and O–H groups in total. The average molecular weight is 529 g/mol. The van der Waals surface area contributed by atoms with Gasteiger partial charge in [0.15, 0.2) is 5.13 Å². The SMILES string of the molecule is CCOc1ccc2nc(N3C(=O)C(=O)C(=C(O)c4ccc(OC)cc4)[C@H]3c3ccc(C(C)C)cc3)sc2c1. The largest absolute Gasteiger partial charge is 0.507 e. The lowest BCUT2D eigenvalue weighted by Gasteiger charge is -2.23. The van der Waals surface area contributed by atoms with Crippen molar-refractivity contribution < 1.29 is 24.2 Å². The van der Waals surface area contributed by atoms with Gasteiger partial charge in [0.1, 0.15) is 17.3 Å². The number of anilines is 1. The van der Waals surface area contributed by atoms with Crippen LogP contribution in [0, 0.1) is 0 Å². The van der Waals surface area contributed by atoms with Crippen molar-refractivity contribution in [3.8, 4) is 11.5 Å². The van der Waals surface area contributed by atoms with Crippen molar-refractivity contribution >= 4 is 44.1 Å². The monoisotopic (exact) mass is 528 g/mol. The van der Waals surface area contributed by atoms with E-state index in [0.29, 0.717) is 45.8 Å². The van der Waals surface area contributed by atoms with Gasteiger partial charge >= 0.3 is 5.91 Å². The molecule has 4 aromatic rings. The van der Waals surface area contributed by atoms with Crippen LogP contribution in [0.3, 0.4) is 0 Å². The Balaban J connectivity index is 1.67. The number of ketones is 1. The Morgan fingerprint density at radius 2 is 1.71 bits per heavy atom. The molecule has 1 amide bonds. The standard InChI is InChI=1S/C30H28N2O5S/c1-5-37-22-14-15-23-24(16-22)38-30(31-23)32-26(19-8-6-18(7-9-19)17(2)3)25(28(34)29(32)35)27(33)20-10-12-21(36-4)13-11-20/h6-17,26,33H,5H2,1-4H3/t26-/m1/s1. The van der Waals surface area contributed by atoms with Crippen LogP contribution in [0.4, 0.5) is 5.13 Å². The maximum absolute atomic E-state index is 13.5. The van der Waals surface area contributed by atoms with E-state index in [1.165, 1.54) is 16.2 Å². The molecule has 0 unspecified atom stereocenters. The van der Waals surface area contributed by atoms with Gasteiger partial charge < -0.3 is 14.6 Å². The van der Waals surface area contributed by atoms with Crippen LogP contribution in [0.15, 0.2) is 72.3 Å². The second-order valence-corrected chi connectivity index (χ2v) is 10.3. The third kappa shape index (κ3) is 4.52. The number of hydrogen-bond donors (Lipinski definition) is 1. The van der Waals surface area contributed by atoms with Gasteiger partial charge in [0.25, 0.3) is 5.78 Å². The number of aliphatic hydroxyl groups is 1. The molecule has 0 bridgehead atoms. The zero-order valence-electron chi connectivity index (χ0n) is 21.6. The molecule has 1 aliphatic rings. The Labute approximate surface area is 225 Å². The van der Waals surface area contributed by atoms with E-state index in [9.17, 15) is 14.7 Å². The second-order valence-electron chi connectivity index (χ2n) is 9.28. The third-order valence-electron chi connectivity index (χ3n) is 6.59. The summed E-state index contributed by atoms with van der Waals surface area (Å²) < 4.78 is 11.7. The summed E-state index contributed by atoms with van der Waals surface area (Å²) in [6, 6.07) is 19.2. The molecule has 1 fully saturated rings. The molecule has 2 heterocycles. The van der Waals surface area contributed by atoms with Gasteiger partial charge in [-0.05, 0) is 66.4 Å². The summed E-state index contributed by atoms with van der Waals surface area (Å²) in [5.41, 5.74) is 2.96. The normalized spacial score (nSPS) is 17.0. The summed E-state index contributed by atoms with van der Waals surface area (Å²) in [7, 11) is 1.55. The van der Waals surface area contributed by atoms with Crippen LogP contribution < -0.4 is 14.4 Å². The molecule has 1 aromatic heterocycles. The lowest BCUT2D eigenvalue weighted by molar-refractivity contribution is -0.132. The zero-order chi connectivity index (χ0) is 27.0. The van der Waals surface area contributed by atoms with Crippen LogP contribution in [0.25, 0.3) is 16.0 Å². The number of carbonyl (C=O) groups excluding carboxylic acids is 2. The summed E-state index contributed by atoms with van der Waals surface area (Å²) in [5.74, 6) is -0.0985. The van der Waals surface area contributed by atoms with Crippen molar-refractivity contribution in [1.82, 2.24) is 4.98 Å². The first-order chi connectivity index (χ1) is 18.3. The lowest BCUT2D eigenvalue weighted by Crippen LogP contribution is -2.29. The molecule has 0 aliphatic carbocycles. The van der Waals surface area contributed by atoms with E-state index in [-0.39, 0.29) is 11.3 Å². The molecule has 0 saturated carbocycles. The number of carbonyl (C=O) groups is 2. The Bertz CT molecular complexity index is 1540. The van der Waals surface area contributed by atoms with Crippen molar-refractivity contribution in [2.75, 3.05) is 18.6 Å². The fourth-order valence-corrected chi connectivity index (χ4v) is 5.59. The lowest BCUT2D eigenvalue weighted by atomic mass is 9.93. The highest BCUT2D eigenvalue weighted by Crippen LogP contribution is 2.45. The maximum atomic E-state index is 13.5. The van der Waals surface area contributed by atoms with Crippen LogP contribution in [-0.4, -0.2) is 35.5 Å². The number of ether oxygens (including phenoxy) is 2. The van der Waals surface area contributed by atoms with Crippen molar-refractivity contribution in [1.29, 1.82) is 0 Å². The number of Topliss-reactive ketones (excluding diaryl/α,β-unsaturated/α-hetero) is 1. The molecule has 0 radical (unpaired) electrons. The highest BCUT2D eigenvalue weighted by molar-refractivity contribution is 7.22. The molecule has 194 valence electrons. The molecule has 1 saturated heterocycles. The highest BCUT2D eigenvalue weighted by atomic mass is 32.1. The third-order valence-corrected chi connectivity index (χ3v) is 7.61. The van der Waals surface area contributed by atoms with Crippen molar-refractivity contribution in [3.63, 3.8) is 0 Å². The Hall–Kier alpha value is -4.17. The van der Waals surface area contributed by atoms with E-state index in [1.54, 1.807) is 31.4 Å². The topological polar surface area (TPSA) is 89.0 Å². The number of hydrogen-bond acceptors (Lipinski definition) is 7. The van der Waals surface area contributed by atoms with Gasteiger partial charge in [-0.3, -0.25) is 14.5 Å². The summed E-state index contributed by atoms with van der Waals surface area (Å²) in [6.45, 7) is 6.64. The van der Waals surface area contributed by atoms with Crippen LogP contribution in [0.2, 0.25) is 0 Å². The summed E-state index contributed by atoms with van der Waals surface area (Å²) >= 11 is 1.30. The van der Waals surface area contributed by atoms with Crippen LogP contribution in [0.5, 0.6) is 11.5 Å². The number of thiazole rings is 1. The molecule has 0 spiro atoms. The van der Waals surface area contributed by atoms with Gasteiger partial charge in [-0.15, -0.1) is 0 Å². The molecule has 38 heavy (non-hydrogen) atoms. The van der Waals surface area contributed by atoms with E-state index >= 15 is 0 Å². The van der Waals surface area contributed by atoms with Crippen molar-refractivity contribution in [2.24, 2.45) is 0 Å². The smallest absolute Gasteiger partial charge is 0.301 e. The molecule has 1 aliphatic heterocycles. The second kappa shape index (κ2) is 10.3. The quantitative estimate of drug-likeness (QED) is 0.168. The summed E-state index contributed by atoms with van der Waals surface area (Å²) in [5, 5.41) is 11.7. The van der Waals surface area contributed by atoms with Gasteiger partial charge in [0, 0.05) is 5.56 Å². The minimum absolute atomic E-state index is 0.0201. The average Bonchev–Trinajstić information content (AvgIpc) is 3.46. The minimum atomic E-state index is -0.842. The number of aliphatic hydroxyl groups excluding tert-OH is 1. The molecule has 1 atom stereocenters. The van der Waals surface area contributed by atoms with E-state index in [4.69, 9.17) is 9.47 Å². The number of nitrogens with zero attached hydrogens (tertiary/aromatic N) is 2. The minimum Gasteiger partial charge on any atom is -0.507 e. The van der Waals surface area contributed by atoms with Gasteiger partial charge in [-0.1, -0.05) is 49.4 Å². The fourth-order valence-electron chi connectivity index (χ4n) is 4.57. The molecule has 7 nitrogen and oxygen atoms in total. The first kappa shape index (κ1) is 25.5. The predicted octanol–water partition coefficient (Wildman–Crippen LogP) is 6.45. The molecular weight excluding hydrogens is 500 g/mol. The van der Waals surface area contributed by atoms with Crippen LogP contribution in [0.1, 0.15) is 49.4 Å². The predicted molar refractivity (Wildman–Crippen MR) is 149 cm³/mol. The number of amides is 1. The molecule has 3 aromatic carbocycles. The maximum Gasteiger partial charge on any atom is 0.301 e. The van der Waals surface area contributed by atoms with E-state index in [1.807, 2.05) is 49.4 Å².